The lowest BCUT2D eigenvalue weighted by atomic mass is 10.2. The Balaban J connectivity index is 2.19. The molecule has 0 aromatic carbocycles. The molecule has 1 unspecified atom stereocenters. The van der Waals surface area contributed by atoms with E-state index in [4.69, 9.17) is 10.00 Å². The Morgan fingerprint density at radius 1 is 1.24 bits per heavy atom. The van der Waals surface area contributed by atoms with Crippen LogP contribution in [-0.2, 0) is 0 Å². The number of hydrogen-bond acceptors (Lipinski definition) is 4. The molecule has 0 aliphatic heterocycles. The van der Waals surface area contributed by atoms with Crippen LogP contribution in [0.15, 0.2) is 42.9 Å². The molecule has 0 aliphatic carbocycles. The van der Waals surface area contributed by atoms with Crippen LogP contribution in [0.1, 0.15) is 24.2 Å². The minimum atomic E-state index is -0.167. The van der Waals surface area contributed by atoms with Gasteiger partial charge in [0.05, 0.1) is 0 Å². The molecular weight excluding hydrogens is 214 g/mol. The number of hydrogen-bond donors (Lipinski definition) is 0. The highest BCUT2D eigenvalue weighted by atomic mass is 16.5. The predicted molar refractivity (Wildman–Crippen MR) is 62.2 cm³/mol. The predicted octanol–water partition coefficient (Wildman–Crippen LogP) is 2.49. The number of rotatable bonds is 3. The van der Waals surface area contributed by atoms with Crippen LogP contribution < -0.4 is 4.74 Å². The summed E-state index contributed by atoms with van der Waals surface area (Å²) in [5.41, 5.74) is 1.43. The van der Waals surface area contributed by atoms with Crippen LogP contribution in [0.4, 0.5) is 0 Å². The van der Waals surface area contributed by atoms with Crippen LogP contribution in [0.5, 0.6) is 5.88 Å². The van der Waals surface area contributed by atoms with Crippen molar-refractivity contribution < 1.29 is 4.74 Å². The average Bonchev–Trinajstić information content (AvgIpc) is 2.40. The fourth-order valence-corrected chi connectivity index (χ4v) is 1.44. The maximum Gasteiger partial charge on any atom is 0.232 e. The molecule has 0 saturated heterocycles. The SMILES string of the molecule is CC(Oc1ncccc1C#N)c1ccncc1. The van der Waals surface area contributed by atoms with Gasteiger partial charge in [-0.3, -0.25) is 4.98 Å². The second-order valence-electron chi connectivity index (χ2n) is 3.51. The van der Waals surface area contributed by atoms with Gasteiger partial charge in [0.25, 0.3) is 0 Å². The van der Waals surface area contributed by atoms with Gasteiger partial charge in [-0.1, -0.05) is 0 Å². The molecule has 0 N–H and O–H groups in total. The van der Waals surface area contributed by atoms with E-state index in [1.165, 1.54) is 0 Å². The highest BCUT2D eigenvalue weighted by molar-refractivity contribution is 5.37. The van der Waals surface area contributed by atoms with E-state index < -0.39 is 0 Å². The Bertz CT molecular complexity index is 534. The largest absolute Gasteiger partial charge is 0.469 e. The van der Waals surface area contributed by atoms with Crippen molar-refractivity contribution in [2.75, 3.05) is 0 Å². The van der Waals surface area contributed by atoms with Gasteiger partial charge in [0.15, 0.2) is 0 Å². The minimum absolute atomic E-state index is 0.167. The van der Waals surface area contributed by atoms with Crippen molar-refractivity contribution in [3.63, 3.8) is 0 Å². The van der Waals surface area contributed by atoms with Crippen molar-refractivity contribution in [3.8, 4) is 11.9 Å². The maximum absolute atomic E-state index is 8.92. The van der Waals surface area contributed by atoms with Crippen molar-refractivity contribution in [1.82, 2.24) is 9.97 Å². The quantitative estimate of drug-likeness (QED) is 0.805. The summed E-state index contributed by atoms with van der Waals surface area (Å²) >= 11 is 0. The van der Waals surface area contributed by atoms with Crippen LogP contribution in [0.3, 0.4) is 0 Å². The van der Waals surface area contributed by atoms with E-state index in [1.54, 1.807) is 30.7 Å². The zero-order chi connectivity index (χ0) is 12.1. The Labute approximate surface area is 99.5 Å². The number of pyridine rings is 2. The zero-order valence-electron chi connectivity index (χ0n) is 9.37. The number of aromatic nitrogens is 2. The molecule has 2 aromatic heterocycles. The Morgan fingerprint density at radius 2 is 2.00 bits per heavy atom. The van der Waals surface area contributed by atoms with Gasteiger partial charge in [-0.15, -0.1) is 0 Å². The van der Waals surface area contributed by atoms with Crippen molar-refractivity contribution in [3.05, 3.63) is 54.0 Å². The van der Waals surface area contributed by atoms with Gasteiger partial charge in [-0.2, -0.15) is 5.26 Å². The number of nitriles is 1. The van der Waals surface area contributed by atoms with Gasteiger partial charge in [0, 0.05) is 18.6 Å². The second kappa shape index (κ2) is 5.08. The van der Waals surface area contributed by atoms with Crippen LogP contribution in [0, 0.1) is 11.3 Å². The minimum Gasteiger partial charge on any atom is -0.469 e. The Morgan fingerprint density at radius 3 is 2.71 bits per heavy atom. The van der Waals surface area contributed by atoms with E-state index in [2.05, 4.69) is 16.0 Å². The molecular formula is C13H11N3O. The summed E-state index contributed by atoms with van der Waals surface area (Å²) in [6, 6.07) is 9.19. The molecule has 84 valence electrons. The van der Waals surface area contributed by atoms with Crippen LogP contribution in [0.2, 0.25) is 0 Å². The molecule has 0 saturated carbocycles. The molecule has 0 radical (unpaired) electrons. The molecule has 0 spiro atoms. The first-order chi connectivity index (χ1) is 8.31. The normalized spacial score (nSPS) is 11.5. The van der Waals surface area contributed by atoms with E-state index >= 15 is 0 Å². The zero-order valence-corrected chi connectivity index (χ0v) is 9.37. The molecule has 4 nitrogen and oxygen atoms in total. The van der Waals surface area contributed by atoms with Gasteiger partial charge in [0.1, 0.15) is 17.7 Å². The van der Waals surface area contributed by atoms with E-state index in [0.29, 0.717) is 11.4 Å². The van der Waals surface area contributed by atoms with E-state index in [0.717, 1.165) is 5.56 Å². The van der Waals surface area contributed by atoms with Crippen molar-refractivity contribution in [2.45, 2.75) is 13.0 Å². The third kappa shape index (κ3) is 2.58. The van der Waals surface area contributed by atoms with Crippen LogP contribution in [0.25, 0.3) is 0 Å². The van der Waals surface area contributed by atoms with Gasteiger partial charge >= 0.3 is 0 Å². The Kier molecular flexibility index (Phi) is 3.31. The smallest absolute Gasteiger partial charge is 0.232 e. The molecule has 1 atom stereocenters. The lowest BCUT2D eigenvalue weighted by Crippen LogP contribution is -2.05. The molecule has 0 fully saturated rings. The molecule has 2 rings (SSSR count). The summed E-state index contributed by atoms with van der Waals surface area (Å²) in [4.78, 5) is 8.00. The van der Waals surface area contributed by atoms with Crippen LogP contribution in [-0.4, -0.2) is 9.97 Å². The molecule has 0 bridgehead atoms. The first kappa shape index (κ1) is 11.1. The van der Waals surface area contributed by atoms with Gasteiger partial charge < -0.3 is 4.74 Å². The van der Waals surface area contributed by atoms with Crippen LogP contribution >= 0.6 is 0 Å². The molecule has 17 heavy (non-hydrogen) atoms. The molecule has 0 aliphatic rings. The lowest BCUT2D eigenvalue weighted by molar-refractivity contribution is 0.216. The lowest BCUT2D eigenvalue weighted by Gasteiger charge is -2.14. The summed E-state index contributed by atoms with van der Waals surface area (Å²) in [6.07, 6.45) is 4.85. The molecule has 2 heterocycles. The maximum atomic E-state index is 8.92. The second-order valence-corrected chi connectivity index (χ2v) is 3.51. The molecule has 4 heteroatoms. The summed E-state index contributed by atoms with van der Waals surface area (Å²) < 4.78 is 5.66. The van der Waals surface area contributed by atoms with Gasteiger partial charge in [0.2, 0.25) is 5.88 Å². The topological polar surface area (TPSA) is 58.8 Å². The van der Waals surface area contributed by atoms with Crippen molar-refractivity contribution in [1.29, 1.82) is 5.26 Å². The summed E-state index contributed by atoms with van der Waals surface area (Å²) in [6.45, 7) is 1.91. The summed E-state index contributed by atoms with van der Waals surface area (Å²) in [7, 11) is 0. The highest BCUT2D eigenvalue weighted by Crippen LogP contribution is 2.21. The first-order valence-corrected chi connectivity index (χ1v) is 5.23. The first-order valence-electron chi connectivity index (χ1n) is 5.23. The number of nitrogens with zero attached hydrogens (tertiary/aromatic N) is 3. The van der Waals surface area contributed by atoms with Crippen molar-refractivity contribution in [2.24, 2.45) is 0 Å². The fraction of sp³-hybridized carbons (Fsp3) is 0.154. The third-order valence-electron chi connectivity index (χ3n) is 2.36. The monoisotopic (exact) mass is 225 g/mol. The fourth-order valence-electron chi connectivity index (χ4n) is 1.44. The van der Waals surface area contributed by atoms with Gasteiger partial charge in [-0.05, 0) is 36.8 Å². The van der Waals surface area contributed by atoms with E-state index in [9.17, 15) is 0 Å². The summed E-state index contributed by atoms with van der Waals surface area (Å²) in [5.74, 6) is 0.360. The summed E-state index contributed by atoms with van der Waals surface area (Å²) in [5, 5.41) is 8.92. The standard InChI is InChI=1S/C13H11N3O/c1-10(11-4-7-15-8-5-11)17-13-12(9-14)3-2-6-16-13/h2-8,10H,1H3. The average molecular weight is 225 g/mol. The Hall–Kier alpha value is -2.41. The van der Waals surface area contributed by atoms with Gasteiger partial charge in [-0.25, -0.2) is 4.98 Å². The molecule has 2 aromatic rings. The van der Waals surface area contributed by atoms with Crippen molar-refractivity contribution >= 4 is 0 Å². The highest BCUT2D eigenvalue weighted by Gasteiger charge is 2.10. The third-order valence-corrected chi connectivity index (χ3v) is 2.36. The molecule has 0 amide bonds. The van der Waals surface area contributed by atoms with E-state index in [-0.39, 0.29) is 6.10 Å². The number of ether oxygens (including phenoxy) is 1. The van der Waals surface area contributed by atoms with E-state index in [1.807, 2.05) is 19.1 Å².